The van der Waals surface area contributed by atoms with Gasteiger partial charge in [0.2, 0.25) is 11.8 Å². The largest absolute Gasteiger partial charge is 0.444 e. The van der Waals surface area contributed by atoms with Gasteiger partial charge >= 0.3 is 6.09 Å². The van der Waals surface area contributed by atoms with Gasteiger partial charge in [0.25, 0.3) is 0 Å². The molecule has 2 aliphatic rings. The number of likely N-dealkylation sites (tertiary alicyclic amines) is 1. The molecule has 0 spiro atoms. The lowest BCUT2D eigenvalue weighted by Crippen LogP contribution is -2.55. The summed E-state index contributed by atoms with van der Waals surface area (Å²) in [6.45, 7) is 12.8. The number of nitrogens with zero attached hydrogens (tertiary/aromatic N) is 3. The number of hydrogen-bond donors (Lipinski definition) is 0. The highest BCUT2D eigenvalue weighted by atomic mass is 16.6. The van der Waals surface area contributed by atoms with Crippen LogP contribution in [0.4, 0.5) is 4.79 Å². The maximum Gasteiger partial charge on any atom is 0.410 e. The van der Waals surface area contributed by atoms with Crippen LogP contribution in [0.15, 0.2) is 30.3 Å². The molecule has 2 fully saturated rings. The first-order valence-electron chi connectivity index (χ1n) is 11.6. The van der Waals surface area contributed by atoms with Crippen LogP contribution in [0, 0.1) is 5.92 Å². The van der Waals surface area contributed by atoms with Crippen LogP contribution in [0.2, 0.25) is 0 Å². The Bertz CT molecular complexity index is 815. The summed E-state index contributed by atoms with van der Waals surface area (Å²) in [5.74, 6) is 0.168. The summed E-state index contributed by atoms with van der Waals surface area (Å²) in [7, 11) is 0. The quantitative estimate of drug-likeness (QED) is 0.719. The molecule has 0 N–H and O–H groups in total. The van der Waals surface area contributed by atoms with Gasteiger partial charge in [-0.2, -0.15) is 0 Å². The fourth-order valence-corrected chi connectivity index (χ4v) is 4.40. The summed E-state index contributed by atoms with van der Waals surface area (Å²) in [6, 6.07) is 9.83. The highest BCUT2D eigenvalue weighted by Crippen LogP contribution is 2.27. The monoisotopic (exact) mass is 443 g/mol. The molecule has 0 atom stereocenters. The van der Waals surface area contributed by atoms with Gasteiger partial charge in [0.05, 0.1) is 5.41 Å². The molecule has 32 heavy (non-hydrogen) atoms. The van der Waals surface area contributed by atoms with Gasteiger partial charge in [0, 0.05) is 45.2 Å². The van der Waals surface area contributed by atoms with Crippen molar-refractivity contribution in [1.29, 1.82) is 0 Å². The molecule has 0 unspecified atom stereocenters. The third-order valence-electron chi connectivity index (χ3n) is 6.40. The zero-order chi connectivity index (χ0) is 23.5. The summed E-state index contributed by atoms with van der Waals surface area (Å²) in [4.78, 5) is 43.9. The SMILES string of the molecule is CC(C)(C)OC(=O)N1CCC(C(=O)N2CCN(C(=O)C(C)(C)c3ccccc3)CC2)CC1. The van der Waals surface area contributed by atoms with Gasteiger partial charge in [-0.3, -0.25) is 9.59 Å². The van der Waals surface area contributed by atoms with Crippen molar-refractivity contribution < 1.29 is 19.1 Å². The fraction of sp³-hybridized carbons (Fsp3) is 0.640. The van der Waals surface area contributed by atoms with E-state index < -0.39 is 11.0 Å². The Balaban J connectivity index is 1.49. The van der Waals surface area contributed by atoms with Gasteiger partial charge in [0.15, 0.2) is 0 Å². The standard InChI is InChI=1S/C25H37N3O4/c1-24(2,3)32-23(31)28-13-11-19(12-14-28)21(29)26-15-17-27(18-16-26)22(30)25(4,5)20-9-7-6-8-10-20/h6-10,19H,11-18H2,1-5H3. The first kappa shape index (κ1) is 24.1. The summed E-state index contributed by atoms with van der Waals surface area (Å²) < 4.78 is 5.44. The Hall–Kier alpha value is -2.57. The Labute approximate surface area is 191 Å². The third-order valence-corrected chi connectivity index (χ3v) is 6.40. The van der Waals surface area contributed by atoms with Crippen LogP contribution in [0.3, 0.4) is 0 Å². The van der Waals surface area contributed by atoms with Crippen molar-refractivity contribution >= 4 is 17.9 Å². The lowest BCUT2D eigenvalue weighted by molar-refractivity contribution is -0.145. The second-order valence-electron chi connectivity index (χ2n) is 10.4. The van der Waals surface area contributed by atoms with Crippen LogP contribution >= 0.6 is 0 Å². The lowest BCUT2D eigenvalue weighted by atomic mass is 9.83. The molecule has 3 amide bonds. The number of benzene rings is 1. The van der Waals surface area contributed by atoms with E-state index in [4.69, 9.17) is 4.74 Å². The molecule has 2 heterocycles. The number of hydrogen-bond acceptors (Lipinski definition) is 4. The smallest absolute Gasteiger partial charge is 0.410 e. The Kier molecular flexibility index (Phi) is 7.16. The molecular formula is C25H37N3O4. The Morgan fingerprint density at radius 3 is 1.84 bits per heavy atom. The molecule has 0 saturated carbocycles. The molecule has 176 valence electrons. The van der Waals surface area contributed by atoms with Gasteiger partial charge in [-0.15, -0.1) is 0 Å². The molecule has 7 heteroatoms. The number of carbonyl (C=O) groups is 3. The van der Waals surface area contributed by atoms with Crippen molar-refractivity contribution in [3.63, 3.8) is 0 Å². The molecular weight excluding hydrogens is 406 g/mol. The molecule has 2 saturated heterocycles. The van der Waals surface area contributed by atoms with Crippen LogP contribution < -0.4 is 0 Å². The minimum absolute atomic E-state index is 0.0725. The number of piperazine rings is 1. The number of carbonyl (C=O) groups excluding carboxylic acids is 3. The van der Waals surface area contributed by atoms with Crippen LogP contribution in [0.1, 0.15) is 53.0 Å². The van der Waals surface area contributed by atoms with Gasteiger partial charge in [-0.25, -0.2) is 4.79 Å². The molecule has 1 aromatic rings. The van der Waals surface area contributed by atoms with Crippen LogP contribution in [0.5, 0.6) is 0 Å². The number of ether oxygens (including phenoxy) is 1. The van der Waals surface area contributed by atoms with Crippen molar-refractivity contribution in [3.05, 3.63) is 35.9 Å². The van der Waals surface area contributed by atoms with Crippen LogP contribution in [0.25, 0.3) is 0 Å². The van der Waals surface area contributed by atoms with E-state index in [2.05, 4.69) is 0 Å². The first-order valence-corrected chi connectivity index (χ1v) is 11.6. The van der Waals surface area contributed by atoms with Gasteiger partial charge in [-0.1, -0.05) is 30.3 Å². The zero-order valence-corrected chi connectivity index (χ0v) is 20.1. The molecule has 0 radical (unpaired) electrons. The Morgan fingerprint density at radius 2 is 1.31 bits per heavy atom. The summed E-state index contributed by atoms with van der Waals surface area (Å²) >= 11 is 0. The second-order valence-corrected chi connectivity index (χ2v) is 10.4. The summed E-state index contributed by atoms with van der Waals surface area (Å²) in [5.41, 5.74) is -0.113. The minimum Gasteiger partial charge on any atom is -0.444 e. The molecule has 0 aromatic heterocycles. The van der Waals surface area contributed by atoms with E-state index in [-0.39, 0.29) is 23.8 Å². The average Bonchev–Trinajstić information content (AvgIpc) is 2.77. The highest BCUT2D eigenvalue weighted by Gasteiger charge is 2.37. The van der Waals surface area contributed by atoms with E-state index in [1.807, 2.05) is 74.8 Å². The average molecular weight is 444 g/mol. The molecule has 2 aliphatic heterocycles. The van der Waals surface area contributed by atoms with E-state index in [1.165, 1.54) is 0 Å². The predicted molar refractivity (Wildman–Crippen MR) is 123 cm³/mol. The van der Waals surface area contributed by atoms with Gasteiger partial charge in [0.1, 0.15) is 5.60 Å². The van der Waals surface area contributed by atoms with Crippen molar-refractivity contribution in [3.8, 4) is 0 Å². The molecule has 0 aliphatic carbocycles. The fourth-order valence-electron chi connectivity index (χ4n) is 4.40. The highest BCUT2D eigenvalue weighted by molar-refractivity contribution is 5.88. The van der Waals surface area contributed by atoms with E-state index in [0.29, 0.717) is 52.1 Å². The van der Waals surface area contributed by atoms with Crippen molar-refractivity contribution in [2.24, 2.45) is 5.92 Å². The predicted octanol–water partition coefficient (Wildman–Crippen LogP) is 3.28. The summed E-state index contributed by atoms with van der Waals surface area (Å²) in [5, 5.41) is 0. The van der Waals surface area contributed by atoms with Crippen molar-refractivity contribution in [2.45, 2.75) is 58.5 Å². The van der Waals surface area contributed by atoms with Crippen LogP contribution in [-0.4, -0.2) is 77.5 Å². The minimum atomic E-state index is -0.595. The number of amides is 3. The second kappa shape index (κ2) is 9.51. The topological polar surface area (TPSA) is 70.2 Å². The molecule has 3 rings (SSSR count). The number of piperidine rings is 1. The van der Waals surface area contributed by atoms with E-state index in [1.54, 1.807) is 4.90 Å². The lowest BCUT2D eigenvalue weighted by Gasteiger charge is -2.40. The first-order chi connectivity index (χ1) is 15.0. The number of rotatable bonds is 3. The maximum absolute atomic E-state index is 13.2. The van der Waals surface area contributed by atoms with E-state index >= 15 is 0 Å². The van der Waals surface area contributed by atoms with E-state index in [0.717, 1.165) is 5.56 Å². The van der Waals surface area contributed by atoms with Crippen molar-refractivity contribution in [1.82, 2.24) is 14.7 Å². The molecule has 0 bridgehead atoms. The Morgan fingerprint density at radius 1 is 0.781 bits per heavy atom. The molecule has 7 nitrogen and oxygen atoms in total. The third kappa shape index (κ3) is 5.61. The molecule has 1 aromatic carbocycles. The van der Waals surface area contributed by atoms with Crippen LogP contribution in [-0.2, 0) is 19.7 Å². The maximum atomic E-state index is 13.2. The van der Waals surface area contributed by atoms with E-state index in [9.17, 15) is 14.4 Å². The van der Waals surface area contributed by atoms with Crippen molar-refractivity contribution in [2.75, 3.05) is 39.3 Å². The zero-order valence-electron chi connectivity index (χ0n) is 20.1. The summed E-state index contributed by atoms with van der Waals surface area (Å²) in [6.07, 6.45) is 0.993. The van der Waals surface area contributed by atoms with Gasteiger partial charge in [-0.05, 0) is 53.0 Å². The van der Waals surface area contributed by atoms with Gasteiger partial charge < -0.3 is 19.4 Å². The normalized spacial score (nSPS) is 18.5.